The zero-order valence-electron chi connectivity index (χ0n) is 12.1. The van der Waals surface area contributed by atoms with Gasteiger partial charge in [-0.15, -0.1) is 0 Å². The second kappa shape index (κ2) is 6.76. The molecule has 0 aliphatic carbocycles. The van der Waals surface area contributed by atoms with E-state index < -0.39 is 0 Å². The molecule has 1 aromatic rings. The van der Waals surface area contributed by atoms with E-state index in [1.165, 1.54) is 5.56 Å². The molecule has 0 radical (unpaired) electrons. The van der Waals surface area contributed by atoms with E-state index >= 15 is 0 Å². The average Bonchev–Trinajstić information content (AvgIpc) is 2.39. The highest BCUT2D eigenvalue weighted by atomic mass is 16.5. The van der Waals surface area contributed by atoms with Gasteiger partial charge in [0.2, 0.25) is 0 Å². The first-order chi connectivity index (χ1) is 8.53. The van der Waals surface area contributed by atoms with Crippen molar-refractivity contribution in [3.63, 3.8) is 0 Å². The first-order valence-electron chi connectivity index (χ1n) is 6.54. The summed E-state index contributed by atoms with van der Waals surface area (Å²) >= 11 is 0. The molecule has 0 aromatic heterocycles. The lowest BCUT2D eigenvalue weighted by Crippen LogP contribution is -2.38. The number of nitrogens with zero attached hydrogens (tertiary/aromatic N) is 1. The van der Waals surface area contributed by atoms with E-state index in [1.54, 1.807) is 7.11 Å². The topological polar surface area (TPSA) is 38.5 Å². The van der Waals surface area contributed by atoms with E-state index in [9.17, 15) is 0 Å². The fourth-order valence-electron chi connectivity index (χ4n) is 2.07. The zero-order chi connectivity index (χ0) is 13.6. The number of hydrogen-bond acceptors (Lipinski definition) is 3. The van der Waals surface area contributed by atoms with Crippen molar-refractivity contribution in [3.8, 4) is 5.75 Å². The van der Waals surface area contributed by atoms with Crippen molar-refractivity contribution in [2.45, 2.75) is 26.8 Å². The molecule has 1 aromatic carbocycles. The Bertz CT molecular complexity index is 344. The molecule has 3 nitrogen and oxygen atoms in total. The summed E-state index contributed by atoms with van der Waals surface area (Å²) in [6.07, 6.45) is 1.11. The first-order valence-corrected chi connectivity index (χ1v) is 6.54. The van der Waals surface area contributed by atoms with E-state index in [0.717, 1.165) is 31.8 Å². The van der Waals surface area contributed by atoms with Crippen LogP contribution in [-0.4, -0.2) is 32.1 Å². The minimum atomic E-state index is 0.210. The summed E-state index contributed by atoms with van der Waals surface area (Å²) in [5.74, 6) is 0.904. The number of methoxy groups -OCH3 is 1. The predicted molar refractivity (Wildman–Crippen MR) is 76.8 cm³/mol. The van der Waals surface area contributed by atoms with Gasteiger partial charge in [-0.05, 0) is 43.1 Å². The molecule has 18 heavy (non-hydrogen) atoms. The highest BCUT2D eigenvalue weighted by Gasteiger charge is 2.21. The maximum atomic E-state index is 5.85. The molecule has 3 heteroatoms. The van der Waals surface area contributed by atoms with Gasteiger partial charge in [0.05, 0.1) is 7.11 Å². The van der Waals surface area contributed by atoms with Crippen LogP contribution in [0.4, 0.5) is 0 Å². The molecule has 2 N–H and O–H groups in total. The van der Waals surface area contributed by atoms with Crippen LogP contribution in [0, 0.1) is 5.41 Å². The molecule has 1 rings (SSSR count). The Hall–Kier alpha value is -1.06. The second-order valence-corrected chi connectivity index (χ2v) is 5.39. The van der Waals surface area contributed by atoms with Crippen molar-refractivity contribution in [2.24, 2.45) is 11.1 Å². The summed E-state index contributed by atoms with van der Waals surface area (Å²) in [5, 5.41) is 0. The third-order valence-electron chi connectivity index (χ3n) is 3.61. The van der Waals surface area contributed by atoms with Crippen LogP contribution in [-0.2, 0) is 6.54 Å². The van der Waals surface area contributed by atoms with Crippen molar-refractivity contribution in [3.05, 3.63) is 29.8 Å². The van der Waals surface area contributed by atoms with E-state index in [-0.39, 0.29) is 5.41 Å². The van der Waals surface area contributed by atoms with Crippen LogP contribution in [0.25, 0.3) is 0 Å². The number of hydrogen-bond donors (Lipinski definition) is 1. The van der Waals surface area contributed by atoms with Gasteiger partial charge >= 0.3 is 0 Å². The second-order valence-electron chi connectivity index (χ2n) is 5.39. The minimum absolute atomic E-state index is 0.210. The van der Waals surface area contributed by atoms with Crippen LogP contribution in [0.2, 0.25) is 0 Å². The molecular weight excluding hydrogens is 224 g/mol. The Labute approximate surface area is 111 Å². The summed E-state index contributed by atoms with van der Waals surface area (Å²) < 4.78 is 5.16. The van der Waals surface area contributed by atoms with Gasteiger partial charge in [0.15, 0.2) is 0 Å². The highest BCUT2D eigenvalue weighted by Crippen LogP contribution is 2.21. The molecule has 0 bridgehead atoms. The molecule has 0 aliphatic rings. The Morgan fingerprint density at radius 1 is 1.28 bits per heavy atom. The molecule has 0 heterocycles. The summed E-state index contributed by atoms with van der Waals surface area (Å²) in [7, 11) is 3.84. The zero-order valence-corrected chi connectivity index (χ0v) is 12.1. The van der Waals surface area contributed by atoms with Gasteiger partial charge in [-0.3, -0.25) is 0 Å². The van der Waals surface area contributed by atoms with Crippen LogP contribution >= 0.6 is 0 Å². The molecule has 1 unspecified atom stereocenters. The molecule has 0 amide bonds. The van der Waals surface area contributed by atoms with Crippen LogP contribution in [0.15, 0.2) is 24.3 Å². The van der Waals surface area contributed by atoms with Gasteiger partial charge in [0.25, 0.3) is 0 Å². The maximum absolute atomic E-state index is 5.85. The van der Waals surface area contributed by atoms with Gasteiger partial charge in [0.1, 0.15) is 5.75 Å². The summed E-state index contributed by atoms with van der Waals surface area (Å²) in [4.78, 5) is 2.33. The van der Waals surface area contributed by atoms with E-state index in [1.807, 2.05) is 12.1 Å². The SMILES string of the molecule is CCC(C)(CN)CN(C)Cc1ccc(OC)cc1. The monoisotopic (exact) mass is 250 g/mol. The standard InChI is InChI=1S/C15H26N2O/c1-5-15(2,11-16)12-17(3)10-13-6-8-14(18-4)9-7-13/h6-9H,5,10-12,16H2,1-4H3. The lowest BCUT2D eigenvalue weighted by Gasteiger charge is -2.31. The van der Waals surface area contributed by atoms with Gasteiger partial charge in [-0.1, -0.05) is 26.0 Å². The predicted octanol–water partition coefficient (Wildman–Crippen LogP) is 2.50. The Kier molecular flexibility index (Phi) is 5.63. The molecule has 0 spiro atoms. The van der Waals surface area contributed by atoms with E-state index in [2.05, 4.69) is 37.9 Å². The van der Waals surface area contributed by atoms with Gasteiger partial charge in [-0.25, -0.2) is 0 Å². The van der Waals surface area contributed by atoms with Crippen molar-refractivity contribution >= 4 is 0 Å². The molecule has 102 valence electrons. The van der Waals surface area contributed by atoms with Crippen molar-refractivity contribution in [1.82, 2.24) is 4.90 Å². The minimum Gasteiger partial charge on any atom is -0.497 e. The van der Waals surface area contributed by atoms with E-state index in [0.29, 0.717) is 0 Å². The van der Waals surface area contributed by atoms with Crippen LogP contribution in [0.1, 0.15) is 25.8 Å². The maximum Gasteiger partial charge on any atom is 0.118 e. The Morgan fingerprint density at radius 3 is 2.33 bits per heavy atom. The largest absolute Gasteiger partial charge is 0.497 e. The highest BCUT2D eigenvalue weighted by molar-refractivity contribution is 5.27. The van der Waals surface area contributed by atoms with Gasteiger partial charge in [0, 0.05) is 13.1 Å². The number of nitrogens with two attached hydrogens (primary N) is 1. The smallest absolute Gasteiger partial charge is 0.118 e. The number of rotatable bonds is 7. The summed E-state index contributed by atoms with van der Waals surface area (Å²) in [6.45, 7) is 7.15. The first kappa shape index (κ1) is 15.0. The molecule has 0 saturated heterocycles. The lowest BCUT2D eigenvalue weighted by atomic mass is 9.87. The molecule has 0 saturated carbocycles. The van der Waals surface area contributed by atoms with Gasteiger partial charge in [-0.2, -0.15) is 0 Å². The third kappa shape index (κ3) is 4.31. The number of ether oxygens (including phenoxy) is 1. The van der Waals surface area contributed by atoms with E-state index in [4.69, 9.17) is 10.5 Å². The summed E-state index contributed by atoms with van der Waals surface area (Å²) in [5.41, 5.74) is 7.36. The van der Waals surface area contributed by atoms with Crippen LogP contribution in [0.5, 0.6) is 5.75 Å². The van der Waals surface area contributed by atoms with Crippen molar-refractivity contribution < 1.29 is 4.74 Å². The third-order valence-corrected chi connectivity index (χ3v) is 3.61. The Balaban J connectivity index is 2.55. The number of benzene rings is 1. The normalized spacial score (nSPS) is 14.6. The van der Waals surface area contributed by atoms with Crippen LogP contribution < -0.4 is 10.5 Å². The van der Waals surface area contributed by atoms with Gasteiger partial charge < -0.3 is 15.4 Å². The van der Waals surface area contributed by atoms with Crippen molar-refractivity contribution in [1.29, 1.82) is 0 Å². The Morgan fingerprint density at radius 2 is 1.89 bits per heavy atom. The quantitative estimate of drug-likeness (QED) is 0.808. The molecule has 0 aliphatic heterocycles. The van der Waals surface area contributed by atoms with Crippen LogP contribution in [0.3, 0.4) is 0 Å². The molecule has 0 fully saturated rings. The average molecular weight is 250 g/mol. The molecule has 1 atom stereocenters. The fraction of sp³-hybridized carbons (Fsp3) is 0.600. The summed E-state index contributed by atoms with van der Waals surface area (Å²) in [6, 6.07) is 8.23. The van der Waals surface area contributed by atoms with Crippen molar-refractivity contribution in [2.75, 3.05) is 27.2 Å². The fourth-order valence-corrected chi connectivity index (χ4v) is 2.07. The lowest BCUT2D eigenvalue weighted by molar-refractivity contribution is 0.186. The molecular formula is C15H26N2O.